The Balaban J connectivity index is 2.94. The first-order valence-electron chi connectivity index (χ1n) is 9.75. The van der Waals surface area contributed by atoms with E-state index in [-0.39, 0.29) is 0 Å². The Morgan fingerprint density at radius 1 is 0.545 bits per heavy atom. The molecular weight excluding hydrogens is 275 g/mol. The Bertz CT molecular complexity index is 201. The normalized spacial score (nSPS) is 11.0. The lowest BCUT2D eigenvalue weighted by Gasteiger charge is -2.04. The molecule has 0 saturated heterocycles. The van der Waals surface area contributed by atoms with Crippen LogP contribution in [0.5, 0.6) is 0 Å². The van der Waals surface area contributed by atoms with Crippen molar-refractivity contribution in [1.29, 1.82) is 0 Å². The van der Waals surface area contributed by atoms with E-state index in [2.05, 4.69) is 11.6 Å². The molecule has 0 amide bonds. The monoisotopic (exact) mass is 314 g/mol. The number of unbranched alkanes of at least 4 members (excludes halogenated alkanes) is 15. The second-order valence-corrected chi connectivity index (χ2v) is 6.50. The molecule has 0 heterocycles. The van der Waals surface area contributed by atoms with Crippen molar-refractivity contribution < 1.29 is 14.7 Å². The molecule has 0 radical (unpaired) electrons. The molecule has 0 aromatic carbocycles. The summed E-state index contributed by atoms with van der Waals surface area (Å²) in [4.78, 5) is 0. The molecule has 22 heavy (non-hydrogen) atoms. The van der Waals surface area contributed by atoms with E-state index in [4.69, 9.17) is 10.0 Å². The molecule has 3 nitrogen and oxygen atoms in total. The van der Waals surface area contributed by atoms with Crippen LogP contribution in [0, 0.1) is 0 Å². The average Bonchev–Trinajstić information content (AvgIpc) is 2.50. The summed E-state index contributed by atoms with van der Waals surface area (Å²) in [6.45, 7) is 2.73. The van der Waals surface area contributed by atoms with E-state index in [1.165, 1.54) is 89.9 Å². The number of hydrogen-bond donors (Lipinski definition) is 2. The van der Waals surface area contributed by atoms with Crippen LogP contribution in [0.15, 0.2) is 0 Å². The van der Waals surface area contributed by atoms with E-state index in [1.54, 1.807) is 0 Å². The zero-order valence-corrected chi connectivity index (χ0v) is 14.9. The SMILES string of the molecule is CCCCCCCCCCCCCCCCCCOB(O)O. The molecule has 0 unspecified atom stereocenters. The van der Waals surface area contributed by atoms with Gasteiger partial charge < -0.3 is 14.7 Å². The topological polar surface area (TPSA) is 49.7 Å². The van der Waals surface area contributed by atoms with Crippen LogP contribution in [0.2, 0.25) is 0 Å². The zero-order chi connectivity index (χ0) is 16.3. The Morgan fingerprint density at radius 2 is 0.864 bits per heavy atom. The third kappa shape index (κ3) is 19.9. The minimum absolute atomic E-state index is 0.454. The lowest BCUT2D eigenvalue weighted by Crippen LogP contribution is -2.17. The molecule has 0 aliphatic rings. The van der Waals surface area contributed by atoms with Gasteiger partial charge in [-0.2, -0.15) is 0 Å². The predicted molar refractivity (Wildman–Crippen MR) is 95.7 cm³/mol. The van der Waals surface area contributed by atoms with Crippen molar-refractivity contribution in [1.82, 2.24) is 0 Å². The highest BCUT2D eigenvalue weighted by Gasteiger charge is 2.06. The largest absolute Gasteiger partial charge is 0.633 e. The van der Waals surface area contributed by atoms with Crippen molar-refractivity contribution >= 4 is 7.32 Å². The minimum atomic E-state index is -1.60. The standard InChI is InChI=1S/C18H39BO3/c1-2-3-4-5-6-7-8-9-10-11-12-13-14-15-16-17-18-22-19(20)21/h20-21H,2-18H2,1H3. The highest BCUT2D eigenvalue weighted by atomic mass is 16.6. The maximum absolute atomic E-state index is 8.51. The van der Waals surface area contributed by atoms with Gasteiger partial charge >= 0.3 is 7.32 Å². The molecule has 0 atom stereocenters. The zero-order valence-electron chi connectivity index (χ0n) is 14.9. The van der Waals surface area contributed by atoms with E-state index >= 15 is 0 Å². The van der Waals surface area contributed by atoms with Crippen molar-refractivity contribution in [2.45, 2.75) is 110 Å². The molecule has 0 spiro atoms. The molecular formula is C18H39BO3. The summed E-state index contributed by atoms with van der Waals surface area (Å²) in [6.07, 6.45) is 21.5. The predicted octanol–water partition coefficient (Wildman–Crippen LogP) is 5.23. The van der Waals surface area contributed by atoms with Crippen LogP contribution in [0.1, 0.15) is 110 Å². The summed E-state index contributed by atoms with van der Waals surface area (Å²) < 4.78 is 4.67. The van der Waals surface area contributed by atoms with Crippen molar-refractivity contribution in [3.63, 3.8) is 0 Å². The van der Waals surface area contributed by atoms with E-state index in [9.17, 15) is 0 Å². The first kappa shape index (κ1) is 21.9. The van der Waals surface area contributed by atoms with Crippen LogP contribution < -0.4 is 0 Å². The van der Waals surface area contributed by atoms with Crippen molar-refractivity contribution in [3.8, 4) is 0 Å². The van der Waals surface area contributed by atoms with Gasteiger partial charge in [0.2, 0.25) is 0 Å². The summed E-state index contributed by atoms with van der Waals surface area (Å²) in [7, 11) is -1.60. The Labute approximate surface area is 139 Å². The third-order valence-electron chi connectivity index (χ3n) is 4.26. The van der Waals surface area contributed by atoms with E-state index < -0.39 is 7.32 Å². The smallest absolute Gasteiger partial charge is 0.402 e. The quantitative estimate of drug-likeness (QED) is 0.269. The number of hydrogen-bond acceptors (Lipinski definition) is 3. The van der Waals surface area contributed by atoms with Gasteiger partial charge in [0.1, 0.15) is 0 Å². The number of rotatable bonds is 18. The fourth-order valence-electron chi connectivity index (χ4n) is 2.84. The Hall–Kier alpha value is -0.0551. The van der Waals surface area contributed by atoms with Gasteiger partial charge in [-0.1, -0.05) is 103 Å². The van der Waals surface area contributed by atoms with Gasteiger partial charge in [0, 0.05) is 6.61 Å². The van der Waals surface area contributed by atoms with Gasteiger partial charge in [0.15, 0.2) is 0 Å². The molecule has 0 aliphatic carbocycles. The second-order valence-electron chi connectivity index (χ2n) is 6.50. The molecule has 0 bridgehead atoms. The van der Waals surface area contributed by atoms with Crippen LogP contribution >= 0.6 is 0 Å². The van der Waals surface area contributed by atoms with Crippen molar-refractivity contribution in [2.75, 3.05) is 6.61 Å². The molecule has 0 aromatic heterocycles. The lowest BCUT2D eigenvalue weighted by molar-refractivity contribution is 0.182. The van der Waals surface area contributed by atoms with Gasteiger partial charge in [0.25, 0.3) is 0 Å². The summed E-state index contributed by atoms with van der Waals surface area (Å²) in [5.74, 6) is 0. The molecule has 0 saturated carbocycles. The van der Waals surface area contributed by atoms with E-state index in [1.807, 2.05) is 0 Å². The van der Waals surface area contributed by atoms with Crippen molar-refractivity contribution in [2.24, 2.45) is 0 Å². The molecule has 0 aromatic rings. The Morgan fingerprint density at radius 3 is 1.18 bits per heavy atom. The van der Waals surface area contributed by atoms with Gasteiger partial charge in [-0.3, -0.25) is 0 Å². The van der Waals surface area contributed by atoms with Crippen LogP contribution in [0.4, 0.5) is 0 Å². The lowest BCUT2D eigenvalue weighted by atomic mass is 10.0. The van der Waals surface area contributed by atoms with Gasteiger partial charge in [-0.25, -0.2) is 0 Å². The van der Waals surface area contributed by atoms with Crippen LogP contribution in [-0.4, -0.2) is 24.0 Å². The molecule has 132 valence electrons. The molecule has 4 heteroatoms. The van der Waals surface area contributed by atoms with Crippen molar-refractivity contribution in [3.05, 3.63) is 0 Å². The molecule has 2 N–H and O–H groups in total. The highest BCUT2D eigenvalue weighted by Crippen LogP contribution is 2.13. The average molecular weight is 314 g/mol. The second kappa shape index (κ2) is 19.0. The summed E-state index contributed by atoms with van der Waals surface area (Å²) in [6, 6.07) is 0. The van der Waals surface area contributed by atoms with Gasteiger partial charge in [-0.15, -0.1) is 0 Å². The maximum atomic E-state index is 8.51. The summed E-state index contributed by atoms with van der Waals surface area (Å²) in [5, 5.41) is 17.0. The highest BCUT2D eigenvalue weighted by molar-refractivity contribution is 6.32. The fourth-order valence-corrected chi connectivity index (χ4v) is 2.84. The van der Waals surface area contributed by atoms with E-state index in [0.717, 1.165) is 12.8 Å². The summed E-state index contributed by atoms with van der Waals surface area (Å²) in [5.41, 5.74) is 0. The minimum Gasteiger partial charge on any atom is -0.402 e. The van der Waals surface area contributed by atoms with Gasteiger partial charge in [0.05, 0.1) is 0 Å². The fraction of sp³-hybridized carbons (Fsp3) is 1.00. The first-order valence-corrected chi connectivity index (χ1v) is 9.75. The summed E-state index contributed by atoms with van der Waals surface area (Å²) >= 11 is 0. The van der Waals surface area contributed by atoms with Crippen LogP contribution in [0.25, 0.3) is 0 Å². The third-order valence-corrected chi connectivity index (χ3v) is 4.26. The molecule has 0 rings (SSSR count). The Kier molecular flexibility index (Phi) is 18.9. The van der Waals surface area contributed by atoms with Crippen LogP contribution in [-0.2, 0) is 4.65 Å². The van der Waals surface area contributed by atoms with E-state index in [0.29, 0.717) is 6.61 Å². The maximum Gasteiger partial charge on any atom is 0.633 e. The first-order chi connectivity index (χ1) is 10.8. The molecule has 0 aliphatic heterocycles. The van der Waals surface area contributed by atoms with Gasteiger partial charge in [-0.05, 0) is 6.42 Å². The molecule has 0 fully saturated rings. The van der Waals surface area contributed by atoms with Crippen LogP contribution in [0.3, 0.4) is 0 Å².